The molecule has 0 aliphatic carbocycles. The van der Waals surface area contributed by atoms with E-state index in [1.807, 2.05) is 0 Å². The molecule has 2 heterocycles. The molecule has 0 unspecified atom stereocenters. The molecule has 29 heavy (non-hydrogen) atoms. The molecule has 2 aromatic rings. The Balaban J connectivity index is 1.93. The molecule has 3 rings (SSSR count). The molecular weight excluding hydrogens is 366 g/mol. The predicted octanol–water partition coefficient (Wildman–Crippen LogP) is 5.24. The number of pyridine rings is 1. The van der Waals surface area contributed by atoms with Crippen molar-refractivity contribution in [3.63, 3.8) is 0 Å². The molecule has 0 fully saturated rings. The van der Waals surface area contributed by atoms with Crippen molar-refractivity contribution in [1.29, 1.82) is 0 Å². The average Bonchev–Trinajstić information content (AvgIpc) is 2.61. The lowest BCUT2D eigenvalue weighted by molar-refractivity contribution is -0.384. The van der Waals surface area contributed by atoms with Crippen LogP contribution in [0.1, 0.15) is 63.6 Å². The first-order valence-corrected chi connectivity index (χ1v) is 9.94. The molecule has 0 saturated heterocycles. The van der Waals surface area contributed by atoms with Crippen molar-refractivity contribution in [2.24, 2.45) is 5.10 Å². The van der Waals surface area contributed by atoms with Gasteiger partial charge >= 0.3 is 5.69 Å². The van der Waals surface area contributed by atoms with Gasteiger partial charge in [0.25, 0.3) is 0 Å². The third kappa shape index (κ3) is 4.09. The van der Waals surface area contributed by atoms with Crippen molar-refractivity contribution >= 4 is 23.4 Å². The summed E-state index contributed by atoms with van der Waals surface area (Å²) in [5.41, 5.74) is 7.41. The van der Waals surface area contributed by atoms with E-state index in [2.05, 4.69) is 74.1 Å². The van der Waals surface area contributed by atoms with Crippen LogP contribution in [0.25, 0.3) is 0 Å². The Morgan fingerprint density at radius 1 is 1.41 bits per heavy atom. The summed E-state index contributed by atoms with van der Waals surface area (Å²) < 4.78 is 0. The van der Waals surface area contributed by atoms with Crippen LogP contribution in [0.2, 0.25) is 0 Å². The zero-order valence-electron chi connectivity index (χ0n) is 17.9. The number of benzene rings is 1. The van der Waals surface area contributed by atoms with Gasteiger partial charge in [0.1, 0.15) is 0 Å². The molecule has 7 nitrogen and oxygen atoms in total. The Kier molecular flexibility index (Phi) is 5.59. The van der Waals surface area contributed by atoms with Crippen LogP contribution < -0.4 is 10.3 Å². The van der Waals surface area contributed by atoms with Crippen LogP contribution in [-0.2, 0) is 0 Å². The Labute approximate surface area is 172 Å². The molecule has 0 radical (unpaired) electrons. The van der Waals surface area contributed by atoms with Gasteiger partial charge in [0.15, 0.2) is 0 Å². The fourth-order valence-electron chi connectivity index (χ4n) is 4.52. The van der Waals surface area contributed by atoms with Crippen LogP contribution in [0.4, 0.5) is 17.2 Å². The molecular formula is C22H29N5O2. The van der Waals surface area contributed by atoms with Crippen molar-refractivity contribution in [2.75, 3.05) is 10.3 Å². The van der Waals surface area contributed by atoms with E-state index in [9.17, 15) is 10.1 Å². The number of hydrazone groups is 1. The number of nitro groups is 1. The number of anilines is 2. The first-order valence-electron chi connectivity index (χ1n) is 9.94. The van der Waals surface area contributed by atoms with Gasteiger partial charge in [0.2, 0.25) is 5.82 Å². The van der Waals surface area contributed by atoms with Gasteiger partial charge in [-0.25, -0.2) is 4.98 Å². The summed E-state index contributed by atoms with van der Waals surface area (Å²) in [6.07, 6.45) is 4.29. The molecule has 1 atom stereocenters. The number of fused-ring (bicyclic) bond motifs is 1. The van der Waals surface area contributed by atoms with E-state index in [0.717, 1.165) is 17.5 Å². The van der Waals surface area contributed by atoms with E-state index in [1.165, 1.54) is 29.6 Å². The van der Waals surface area contributed by atoms with Crippen LogP contribution in [0, 0.1) is 17.0 Å². The van der Waals surface area contributed by atoms with Crippen molar-refractivity contribution in [2.45, 2.75) is 65.5 Å². The fraction of sp³-hybridized carbons (Fsp3) is 0.455. The standard InChI is InChI=1S/C22H29N5O2/c1-14(2)26-20-10-15(3)17(11-18(20)16(4)12-22(26,5)6)13-24-25-21-19(27(28)29)8-7-9-23-21/h7-11,13-14,16H,12H2,1-6H3,(H,23,25)/b24-13-/t16-/m0/s1. The van der Waals surface area contributed by atoms with Gasteiger partial charge < -0.3 is 4.90 Å². The van der Waals surface area contributed by atoms with Gasteiger partial charge in [-0.15, -0.1) is 0 Å². The van der Waals surface area contributed by atoms with Crippen molar-refractivity contribution < 1.29 is 4.92 Å². The van der Waals surface area contributed by atoms with Crippen molar-refractivity contribution in [1.82, 2.24) is 4.98 Å². The van der Waals surface area contributed by atoms with E-state index in [0.29, 0.717) is 12.0 Å². The molecule has 1 aromatic carbocycles. The number of hydrogen-bond acceptors (Lipinski definition) is 6. The summed E-state index contributed by atoms with van der Waals surface area (Å²) in [7, 11) is 0. The minimum atomic E-state index is -0.473. The maximum Gasteiger partial charge on any atom is 0.313 e. The van der Waals surface area contributed by atoms with E-state index in [1.54, 1.807) is 6.21 Å². The quantitative estimate of drug-likeness (QED) is 0.425. The SMILES string of the molecule is Cc1cc2c(cc1/C=N\Nc1ncccc1[N+](=O)[O-])[C@@H](C)CC(C)(C)N2C(C)C. The summed E-state index contributed by atoms with van der Waals surface area (Å²) >= 11 is 0. The molecule has 0 amide bonds. The first kappa shape index (κ1) is 20.8. The number of nitrogens with one attached hydrogen (secondary N) is 1. The van der Waals surface area contributed by atoms with Gasteiger partial charge in [-0.05, 0) is 81.8 Å². The third-order valence-corrected chi connectivity index (χ3v) is 5.54. The molecule has 154 valence electrons. The minimum absolute atomic E-state index is 0.0993. The number of aromatic nitrogens is 1. The number of rotatable bonds is 5. The van der Waals surface area contributed by atoms with Crippen LogP contribution in [0.5, 0.6) is 0 Å². The summed E-state index contributed by atoms with van der Waals surface area (Å²) in [5.74, 6) is 0.568. The van der Waals surface area contributed by atoms with E-state index < -0.39 is 4.92 Å². The predicted molar refractivity (Wildman–Crippen MR) is 118 cm³/mol. The molecule has 0 saturated carbocycles. The largest absolute Gasteiger partial charge is 0.364 e. The molecule has 1 aromatic heterocycles. The van der Waals surface area contributed by atoms with Crippen LogP contribution in [0.3, 0.4) is 0 Å². The highest BCUT2D eigenvalue weighted by Crippen LogP contribution is 2.45. The van der Waals surface area contributed by atoms with Gasteiger partial charge in [-0.1, -0.05) is 6.92 Å². The van der Waals surface area contributed by atoms with Crippen molar-refractivity contribution in [3.8, 4) is 0 Å². The topological polar surface area (TPSA) is 83.7 Å². The fourth-order valence-corrected chi connectivity index (χ4v) is 4.52. The molecule has 0 spiro atoms. The summed E-state index contributed by atoms with van der Waals surface area (Å²) in [6.45, 7) is 13.4. The smallest absolute Gasteiger partial charge is 0.313 e. The van der Waals surface area contributed by atoms with Gasteiger partial charge in [-0.2, -0.15) is 5.10 Å². The first-order chi connectivity index (χ1) is 13.6. The van der Waals surface area contributed by atoms with Gasteiger partial charge in [0, 0.05) is 29.5 Å². The lowest BCUT2D eigenvalue weighted by Crippen LogP contribution is -2.51. The minimum Gasteiger partial charge on any atom is -0.364 e. The molecule has 1 aliphatic heterocycles. The summed E-state index contributed by atoms with van der Waals surface area (Å²) in [5, 5.41) is 15.3. The zero-order valence-corrected chi connectivity index (χ0v) is 17.9. The van der Waals surface area contributed by atoms with Crippen LogP contribution >= 0.6 is 0 Å². The number of nitrogens with zero attached hydrogens (tertiary/aromatic N) is 4. The number of hydrogen-bond donors (Lipinski definition) is 1. The lowest BCUT2D eigenvalue weighted by atomic mass is 9.78. The van der Waals surface area contributed by atoms with E-state index >= 15 is 0 Å². The second-order valence-electron chi connectivity index (χ2n) is 8.65. The zero-order chi connectivity index (χ0) is 21.3. The van der Waals surface area contributed by atoms with E-state index in [-0.39, 0.29) is 17.0 Å². The van der Waals surface area contributed by atoms with Gasteiger partial charge in [-0.3, -0.25) is 15.5 Å². The second-order valence-corrected chi connectivity index (χ2v) is 8.65. The number of aryl methyl sites for hydroxylation is 1. The average molecular weight is 396 g/mol. The normalized spacial score (nSPS) is 18.2. The third-order valence-electron chi connectivity index (χ3n) is 5.54. The van der Waals surface area contributed by atoms with Crippen LogP contribution in [-0.4, -0.2) is 27.7 Å². The van der Waals surface area contributed by atoms with Crippen molar-refractivity contribution in [3.05, 3.63) is 57.3 Å². The summed E-state index contributed by atoms with van der Waals surface area (Å²) in [6, 6.07) is 7.76. The maximum absolute atomic E-state index is 11.1. The molecule has 1 N–H and O–H groups in total. The maximum atomic E-state index is 11.1. The second kappa shape index (κ2) is 7.81. The Morgan fingerprint density at radius 2 is 2.14 bits per heavy atom. The van der Waals surface area contributed by atoms with Gasteiger partial charge in [0.05, 0.1) is 11.1 Å². The molecule has 0 bridgehead atoms. The Morgan fingerprint density at radius 3 is 2.79 bits per heavy atom. The molecule has 1 aliphatic rings. The monoisotopic (exact) mass is 395 g/mol. The van der Waals surface area contributed by atoms with Crippen LogP contribution in [0.15, 0.2) is 35.6 Å². The highest BCUT2D eigenvalue weighted by molar-refractivity contribution is 5.84. The highest BCUT2D eigenvalue weighted by Gasteiger charge is 2.37. The molecule has 7 heteroatoms. The lowest BCUT2D eigenvalue weighted by Gasteiger charge is -2.50. The van der Waals surface area contributed by atoms with E-state index in [4.69, 9.17) is 0 Å². The Bertz CT molecular complexity index is 952. The highest BCUT2D eigenvalue weighted by atomic mass is 16.6. The summed E-state index contributed by atoms with van der Waals surface area (Å²) in [4.78, 5) is 17.2. The Hall–Kier alpha value is -2.96.